The molecular weight excluding hydrogens is 286 g/mol. The van der Waals surface area contributed by atoms with Crippen molar-refractivity contribution in [3.8, 4) is 17.3 Å². The van der Waals surface area contributed by atoms with E-state index in [0.29, 0.717) is 11.4 Å². The zero-order chi connectivity index (χ0) is 15.6. The highest BCUT2D eigenvalue weighted by atomic mass is 15.3. The van der Waals surface area contributed by atoms with Gasteiger partial charge in [-0.3, -0.25) is 0 Å². The number of nitrogens with zero attached hydrogens (tertiary/aromatic N) is 4. The van der Waals surface area contributed by atoms with Crippen LogP contribution in [-0.2, 0) is 13.0 Å². The minimum absolute atomic E-state index is 0.327. The third-order valence-corrected chi connectivity index (χ3v) is 4.21. The summed E-state index contributed by atoms with van der Waals surface area (Å²) in [5.41, 5.74) is 5.78. The third-order valence-electron chi connectivity index (χ3n) is 4.21. The Balaban J connectivity index is 1.62. The van der Waals surface area contributed by atoms with E-state index in [-0.39, 0.29) is 0 Å². The van der Waals surface area contributed by atoms with Crippen molar-refractivity contribution in [1.29, 1.82) is 5.26 Å². The summed E-state index contributed by atoms with van der Waals surface area (Å²) in [7, 11) is 0. The molecule has 23 heavy (non-hydrogen) atoms. The molecule has 5 nitrogen and oxygen atoms in total. The van der Waals surface area contributed by atoms with E-state index in [4.69, 9.17) is 5.26 Å². The van der Waals surface area contributed by atoms with E-state index in [1.54, 1.807) is 0 Å². The van der Waals surface area contributed by atoms with E-state index >= 15 is 0 Å². The molecule has 1 aliphatic rings. The highest BCUT2D eigenvalue weighted by molar-refractivity contribution is 5.65. The van der Waals surface area contributed by atoms with Gasteiger partial charge >= 0.3 is 0 Å². The zero-order valence-electron chi connectivity index (χ0n) is 12.5. The SMILES string of the molecule is N#Cc1n[nH]nc1-c1cccc(CN2CCc3ccccc32)c1. The predicted molar refractivity (Wildman–Crippen MR) is 87.7 cm³/mol. The summed E-state index contributed by atoms with van der Waals surface area (Å²) >= 11 is 0. The van der Waals surface area contributed by atoms with E-state index in [9.17, 15) is 0 Å². The topological polar surface area (TPSA) is 68.6 Å². The lowest BCUT2D eigenvalue weighted by molar-refractivity contribution is 0.836. The number of aromatic amines is 1. The highest BCUT2D eigenvalue weighted by Gasteiger charge is 2.18. The average molecular weight is 301 g/mol. The fourth-order valence-electron chi connectivity index (χ4n) is 3.12. The maximum atomic E-state index is 9.10. The van der Waals surface area contributed by atoms with Crippen LogP contribution in [-0.4, -0.2) is 22.0 Å². The fourth-order valence-corrected chi connectivity index (χ4v) is 3.12. The second-order valence-electron chi connectivity index (χ2n) is 5.63. The van der Waals surface area contributed by atoms with Crippen molar-refractivity contribution in [2.45, 2.75) is 13.0 Å². The summed E-state index contributed by atoms with van der Waals surface area (Å²) in [6, 6.07) is 18.8. The molecule has 1 aromatic heterocycles. The van der Waals surface area contributed by atoms with Crippen LogP contribution in [0, 0.1) is 11.3 Å². The molecule has 3 aromatic rings. The normalized spacial score (nSPS) is 12.9. The molecule has 112 valence electrons. The van der Waals surface area contributed by atoms with Crippen LogP contribution in [0.5, 0.6) is 0 Å². The first-order valence-electron chi connectivity index (χ1n) is 7.58. The molecule has 1 aliphatic heterocycles. The van der Waals surface area contributed by atoms with Crippen LogP contribution < -0.4 is 4.90 Å². The van der Waals surface area contributed by atoms with Gasteiger partial charge in [-0.25, -0.2) is 0 Å². The van der Waals surface area contributed by atoms with Crippen molar-refractivity contribution in [3.05, 3.63) is 65.4 Å². The van der Waals surface area contributed by atoms with Gasteiger partial charge in [0.15, 0.2) is 5.69 Å². The maximum absolute atomic E-state index is 9.10. The van der Waals surface area contributed by atoms with Crippen molar-refractivity contribution in [2.24, 2.45) is 0 Å². The van der Waals surface area contributed by atoms with Gasteiger partial charge in [-0.1, -0.05) is 36.4 Å². The van der Waals surface area contributed by atoms with E-state index in [1.165, 1.54) is 16.8 Å². The molecule has 0 fully saturated rings. The number of H-pyrrole nitrogens is 1. The molecule has 0 aliphatic carbocycles. The van der Waals surface area contributed by atoms with Crippen LogP contribution in [0.1, 0.15) is 16.8 Å². The number of fused-ring (bicyclic) bond motifs is 1. The molecule has 2 heterocycles. The van der Waals surface area contributed by atoms with Crippen LogP contribution in [0.15, 0.2) is 48.5 Å². The lowest BCUT2D eigenvalue weighted by Crippen LogP contribution is -2.19. The summed E-state index contributed by atoms with van der Waals surface area (Å²) in [4.78, 5) is 2.39. The van der Waals surface area contributed by atoms with Crippen LogP contribution in [0.3, 0.4) is 0 Å². The third kappa shape index (κ3) is 2.44. The molecule has 0 spiro atoms. The molecule has 0 saturated carbocycles. The van der Waals surface area contributed by atoms with Crippen molar-refractivity contribution < 1.29 is 0 Å². The van der Waals surface area contributed by atoms with Crippen molar-refractivity contribution in [2.75, 3.05) is 11.4 Å². The van der Waals surface area contributed by atoms with Gasteiger partial charge in [0.1, 0.15) is 11.8 Å². The quantitative estimate of drug-likeness (QED) is 0.807. The monoisotopic (exact) mass is 301 g/mol. The van der Waals surface area contributed by atoms with E-state index in [1.807, 2.05) is 12.1 Å². The summed E-state index contributed by atoms with van der Waals surface area (Å²) in [5, 5.41) is 19.6. The second kappa shape index (κ2) is 5.58. The summed E-state index contributed by atoms with van der Waals surface area (Å²) in [5.74, 6) is 0. The summed E-state index contributed by atoms with van der Waals surface area (Å²) in [6.45, 7) is 1.89. The number of aromatic nitrogens is 3. The van der Waals surface area contributed by atoms with Gasteiger partial charge < -0.3 is 4.90 Å². The smallest absolute Gasteiger partial charge is 0.190 e. The van der Waals surface area contributed by atoms with Gasteiger partial charge in [0, 0.05) is 24.3 Å². The van der Waals surface area contributed by atoms with Crippen LogP contribution >= 0.6 is 0 Å². The number of nitrogens with one attached hydrogen (secondary N) is 1. The van der Waals surface area contributed by atoms with Gasteiger partial charge in [0.25, 0.3) is 0 Å². The van der Waals surface area contributed by atoms with Gasteiger partial charge in [-0.05, 0) is 29.7 Å². The molecule has 0 radical (unpaired) electrons. The highest BCUT2D eigenvalue weighted by Crippen LogP contribution is 2.29. The lowest BCUT2D eigenvalue weighted by Gasteiger charge is -2.19. The molecule has 0 saturated heterocycles. The summed E-state index contributed by atoms with van der Waals surface area (Å²) < 4.78 is 0. The number of rotatable bonds is 3. The van der Waals surface area contributed by atoms with Crippen LogP contribution in [0.25, 0.3) is 11.3 Å². The van der Waals surface area contributed by atoms with E-state index < -0.39 is 0 Å². The van der Waals surface area contributed by atoms with Crippen LogP contribution in [0.2, 0.25) is 0 Å². The molecule has 0 unspecified atom stereocenters. The van der Waals surface area contributed by atoms with E-state index in [0.717, 1.165) is 25.1 Å². The largest absolute Gasteiger partial charge is 0.367 e. The molecule has 0 atom stereocenters. The van der Waals surface area contributed by atoms with Crippen LogP contribution in [0.4, 0.5) is 5.69 Å². The standard InChI is InChI=1S/C18H15N5/c19-11-16-18(21-22-20-16)15-6-3-4-13(10-15)12-23-9-8-14-5-1-2-7-17(14)23/h1-7,10H,8-9,12H2,(H,20,21,22). The molecule has 0 bridgehead atoms. The first-order chi connectivity index (χ1) is 11.3. The summed E-state index contributed by atoms with van der Waals surface area (Å²) in [6.07, 6.45) is 1.09. The number of benzene rings is 2. The Morgan fingerprint density at radius 1 is 1.13 bits per heavy atom. The number of para-hydroxylation sites is 1. The lowest BCUT2D eigenvalue weighted by atomic mass is 10.1. The molecular formula is C18H15N5. The average Bonchev–Trinajstić information content (AvgIpc) is 3.22. The zero-order valence-corrected chi connectivity index (χ0v) is 12.5. The molecule has 2 aromatic carbocycles. The number of hydrogen-bond donors (Lipinski definition) is 1. The molecule has 5 heteroatoms. The Morgan fingerprint density at radius 2 is 2.04 bits per heavy atom. The first-order valence-corrected chi connectivity index (χ1v) is 7.58. The van der Waals surface area contributed by atoms with Crippen molar-refractivity contribution >= 4 is 5.69 Å². The Morgan fingerprint density at radius 3 is 2.96 bits per heavy atom. The number of anilines is 1. The maximum Gasteiger partial charge on any atom is 0.190 e. The predicted octanol–water partition coefficient (Wildman–Crippen LogP) is 2.91. The minimum atomic E-state index is 0.327. The first kappa shape index (κ1) is 13.5. The Bertz CT molecular complexity index is 890. The second-order valence-corrected chi connectivity index (χ2v) is 5.63. The van der Waals surface area contributed by atoms with Crippen molar-refractivity contribution in [3.63, 3.8) is 0 Å². The van der Waals surface area contributed by atoms with Gasteiger partial charge in [-0.2, -0.15) is 15.6 Å². The Kier molecular flexibility index (Phi) is 3.28. The number of hydrogen-bond acceptors (Lipinski definition) is 4. The van der Waals surface area contributed by atoms with Gasteiger partial charge in [-0.15, -0.1) is 5.10 Å². The Hall–Kier alpha value is -3.13. The minimum Gasteiger partial charge on any atom is -0.367 e. The number of nitriles is 1. The fraction of sp³-hybridized carbons (Fsp3) is 0.167. The van der Waals surface area contributed by atoms with Gasteiger partial charge in [0.05, 0.1) is 0 Å². The molecule has 0 amide bonds. The van der Waals surface area contributed by atoms with Crippen molar-refractivity contribution in [1.82, 2.24) is 15.4 Å². The molecule has 1 N–H and O–H groups in total. The molecule has 4 rings (SSSR count). The van der Waals surface area contributed by atoms with Gasteiger partial charge in [0.2, 0.25) is 0 Å². The Labute approximate surface area is 134 Å². The van der Waals surface area contributed by atoms with E-state index in [2.05, 4.69) is 62.8 Å².